The van der Waals surface area contributed by atoms with Crippen LogP contribution in [-0.4, -0.2) is 58.5 Å². The van der Waals surface area contributed by atoms with E-state index in [0.29, 0.717) is 32.9 Å². The SMILES string of the molecule is COCCOCCNCC(Cl)C(=O)OC. The van der Waals surface area contributed by atoms with Crippen LogP contribution in [0, 0.1) is 0 Å². The van der Waals surface area contributed by atoms with E-state index >= 15 is 0 Å². The number of rotatable bonds is 9. The molecule has 0 aromatic heterocycles. The summed E-state index contributed by atoms with van der Waals surface area (Å²) >= 11 is 5.70. The van der Waals surface area contributed by atoms with E-state index in [4.69, 9.17) is 21.1 Å². The van der Waals surface area contributed by atoms with Crippen LogP contribution in [0.1, 0.15) is 0 Å². The summed E-state index contributed by atoms with van der Waals surface area (Å²) in [5.74, 6) is -0.426. The predicted octanol–water partition coefficient (Wildman–Crippen LogP) is 0.0194. The maximum atomic E-state index is 10.9. The third-order valence-corrected chi connectivity index (χ3v) is 1.97. The van der Waals surface area contributed by atoms with Gasteiger partial charge in [-0.05, 0) is 0 Å². The Balaban J connectivity index is 3.20. The van der Waals surface area contributed by atoms with Gasteiger partial charge in [0.25, 0.3) is 0 Å². The third-order valence-electron chi connectivity index (χ3n) is 1.64. The van der Waals surface area contributed by atoms with Gasteiger partial charge in [-0.2, -0.15) is 0 Å². The van der Waals surface area contributed by atoms with E-state index in [9.17, 15) is 4.79 Å². The molecule has 90 valence electrons. The molecule has 1 unspecified atom stereocenters. The molecule has 0 amide bonds. The molecule has 6 heteroatoms. The molecule has 0 heterocycles. The molecule has 0 saturated carbocycles. The summed E-state index contributed by atoms with van der Waals surface area (Å²) in [7, 11) is 2.93. The van der Waals surface area contributed by atoms with E-state index in [0.717, 1.165) is 0 Å². The zero-order chi connectivity index (χ0) is 11.5. The van der Waals surface area contributed by atoms with Crippen LogP contribution in [0.25, 0.3) is 0 Å². The Morgan fingerprint density at radius 3 is 2.67 bits per heavy atom. The number of halogens is 1. The number of carbonyl (C=O) groups excluding carboxylic acids is 1. The summed E-state index contributed by atoms with van der Waals surface area (Å²) in [6, 6.07) is 0. The number of nitrogens with one attached hydrogen (secondary N) is 1. The van der Waals surface area contributed by atoms with E-state index in [-0.39, 0.29) is 0 Å². The number of hydrogen-bond donors (Lipinski definition) is 1. The van der Waals surface area contributed by atoms with Gasteiger partial charge in [0.1, 0.15) is 5.38 Å². The quantitative estimate of drug-likeness (QED) is 0.349. The fourth-order valence-electron chi connectivity index (χ4n) is 0.829. The molecule has 0 spiro atoms. The molecule has 0 radical (unpaired) electrons. The minimum Gasteiger partial charge on any atom is -0.468 e. The summed E-state index contributed by atoms with van der Waals surface area (Å²) < 4.78 is 14.5. The molecule has 5 nitrogen and oxygen atoms in total. The second kappa shape index (κ2) is 10.2. The molecule has 0 aromatic rings. The minimum absolute atomic E-state index is 0.377. The molecule has 0 rings (SSSR count). The average molecular weight is 240 g/mol. The van der Waals surface area contributed by atoms with Gasteiger partial charge in [0, 0.05) is 20.2 Å². The maximum absolute atomic E-state index is 10.9. The van der Waals surface area contributed by atoms with E-state index in [2.05, 4.69) is 10.1 Å². The number of esters is 1. The lowest BCUT2D eigenvalue weighted by atomic mass is 10.4. The Labute approximate surface area is 95.0 Å². The lowest BCUT2D eigenvalue weighted by molar-refractivity contribution is -0.140. The van der Waals surface area contributed by atoms with Gasteiger partial charge in [-0.15, -0.1) is 11.6 Å². The summed E-state index contributed by atoms with van der Waals surface area (Å²) in [6.07, 6.45) is 0. The fraction of sp³-hybridized carbons (Fsp3) is 0.889. The molecule has 0 aromatic carbocycles. The highest BCUT2D eigenvalue weighted by Crippen LogP contribution is 1.95. The highest BCUT2D eigenvalue weighted by Gasteiger charge is 2.14. The molecular weight excluding hydrogens is 222 g/mol. The Hall–Kier alpha value is -0.360. The average Bonchev–Trinajstić information content (AvgIpc) is 2.26. The van der Waals surface area contributed by atoms with Gasteiger partial charge in [0.05, 0.1) is 26.9 Å². The maximum Gasteiger partial charge on any atom is 0.325 e. The molecular formula is C9H18ClNO4. The van der Waals surface area contributed by atoms with E-state index < -0.39 is 11.3 Å². The first-order valence-corrected chi connectivity index (χ1v) is 5.15. The van der Waals surface area contributed by atoms with Crippen molar-refractivity contribution in [2.45, 2.75) is 5.38 Å². The van der Waals surface area contributed by atoms with Crippen molar-refractivity contribution in [2.75, 3.05) is 47.1 Å². The van der Waals surface area contributed by atoms with Crippen molar-refractivity contribution in [1.82, 2.24) is 5.32 Å². The molecule has 1 N–H and O–H groups in total. The standard InChI is InChI=1S/C9H18ClNO4/c1-13-5-6-15-4-3-11-7-8(10)9(12)14-2/h8,11H,3-7H2,1-2H3. The molecule has 0 bridgehead atoms. The van der Waals surface area contributed by atoms with E-state index in [1.54, 1.807) is 7.11 Å². The van der Waals surface area contributed by atoms with Crippen molar-refractivity contribution in [1.29, 1.82) is 0 Å². The Kier molecular flexibility index (Phi) is 9.92. The first kappa shape index (κ1) is 14.6. The van der Waals surface area contributed by atoms with Crippen molar-refractivity contribution in [3.8, 4) is 0 Å². The predicted molar refractivity (Wildman–Crippen MR) is 57.2 cm³/mol. The van der Waals surface area contributed by atoms with Gasteiger partial charge in [0.2, 0.25) is 0 Å². The van der Waals surface area contributed by atoms with Crippen molar-refractivity contribution in [2.24, 2.45) is 0 Å². The summed E-state index contributed by atoms with van der Waals surface area (Å²) in [6.45, 7) is 2.74. The third kappa shape index (κ3) is 8.62. The van der Waals surface area contributed by atoms with Gasteiger partial charge >= 0.3 is 5.97 Å². The van der Waals surface area contributed by atoms with Crippen LogP contribution in [-0.2, 0) is 19.0 Å². The largest absolute Gasteiger partial charge is 0.468 e. The number of carbonyl (C=O) groups is 1. The van der Waals surface area contributed by atoms with Crippen LogP contribution in [0.5, 0.6) is 0 Å². The summed E-state index contributed by atoms with van der Waals surface area (Å²) in [4.78, 5) is 10.9. The summed E-state index contributed by atoms with van der Waals surface area (Å²) in [5.41, 5.74) is 0. The molecule has 0 aliphatic rings. The van der Waals surface area contributed by atoms with Crippen LogP contribution in [0.3, 0.4) is 0 Å². The van der Waals surface area contributed by atoms with E-state index in [1.165, 1.54) is 7.11 Å². The number of ether oxygens (including phenoxy) is 3. The molecule has 0 saturated heterocycles. The van der Waals surface area contributed by atoms with Gasteiger partial charge in [-0.1, -0.05) is 0 Å². The minimum atomic E-state index is -0.644. The van der Waals surface area contributed by atoms with Crippen molar-refractivity contribution >= 4 is 17.6 Å². The first-order valence-electron chi connectivity index (χ1n) is 4.71. The van der Waals surface area contributed by atoms with Crippen LogP contribution in [0.15, 0.2) is 0 Å². The van der Waals surface area contributed by atoms with Gasteiger partial charge in [-0.3, -0.25) is 4.79 Å². The normalized spacial score (nSPS) is 12.5. The summed E-state index contributed by atoms with van der Waals surface area (Å²) in [5, 5.41) is 2.33. The van der Waals surface area contributed by atoms with Gasteiger partial charge < -0.3 is 19.5 Å². The lowest BCUT2D eigenvalue weighted by Gasteiger charge is -2.08. The zero-order valence-corrected chi connectivity index (χ0v) is 9.88. The Morgan fingerprint density at radius 1 is 1.33 bits per heavy atom. The topological polar surface area (TPSA) is 56.8 Å². The number of alkyl halides is 1. The smallest absolute Gasteiger partial charge is 0.325 e. The lowest BCUT2D eigenvalue weighted by Crippen LogP contribution is -2.32. The molecule has 0 fully saturated rings. The molecule has 0 aliphatic carbocycles. The van der Waals surface area contributed by atoms with Crippen LogP contribution >= 0.6 is 11.6 Å². The molecule has 1 atom stereocenters. The Bertz CT molecular complexity index is 168. The van der Waals surface area contributed by atoms with Crippen molar-refractivity contribution in [3.05, 3.63) is 0 Å². The van der Waals surface area contributed by atoms with Gasteiger partial charge in [0.15, 0.2) is 0 Å². The van der Waals surface area contributed by atoms with Crippen molar-refractivity contribution in [3.63, 3.8) is 0 Å². The van der Waals surface area contributed by atoms with Crippen molar-refractivity contribution < 1.29 is 19.0 Å². The highest BCUT2D eigenvalue weighted by molar-refractivity contribution is 6.30. The highest BCUT2D eigenvalue weighted by atomic mass is 35.5. The second-order valence-corrected chi connectivity index (χ2v) is 3.33. The monoisotopic (exact) mass is 239 g/mol. The van der Waals surface area contributed by atoms with Crippen LogP contribution < -0.4 is 5.32 Å². The first-order chi connectivity index (χ1) is 7.22. The molecule has 0 aliphatic heterocycles. The van der Waals surface area contributed by atoms with E-state index in [1.807, 2.05) is 0 Å². The van der Waals surface area contributed by atoms with Crippen LogP contribution in [0.4, 0.5) is 0 Å². The van der Waals surface area contributed by atoms with Gasteiger partial charge in [-0.25, -0.2) is 0 Å². The number of hydrogen-bond acceptors (Lipinski definition) is 5. The molecule has 15 heavy (non-hydrogen) atoms. The fourth-order valence-corrected chi connectivity index (χ4v) is 1.03. The van der Waals surface area contributed by atoms with Crippen LogP contribution in [0.2, 0.25) is 0 Å². The number of methoxy groups -OCH3 is 2. The zero-order valence-electron chi connectivity index (χ0n) is 9.12. The Morgan fingerprint density at radius 2 is 2.07 bits per heavy atom. The second-order valence-electron chi connectivity index (χ2n) is 2.80.